The van der Waals surface area contributed by atoms with E-state index in [4.69, 9.17) is 0 Å². The highest BCUT2D eigenvalue weighted by Gasteiger charge is 2.38. The normalized spacial score (nSPS) is 22.5. The molecule has 2 aliphatic rings. The summed E-state index contributed by atoms with van der Waals surface area (Å²) >= 11 is 0. The van der Waals surface area contributed by atoms with Crippen molar-refractivity contribution in [3.05, 3.63) is 34.9 Å². The first-order chi connectivity index (χ1) is 9.06. The van der Waals surface area contributed by atoms with Crippen LogP contribution in [0.1, 0.15) is 34.3 Å². The second-order valence-electron chi connectivity index (χ2n) is 5.06. The number of carbonyl (C=O) groups excluding carboxylic acids is 3. The van der Waals surface area contributed by atoms with Crippen LogP contribution < -0.4 is 5.32 Å². The van der Waals surface area contributed by atoms with Crippen LogP contribution in [-0.2, 0) is 16.1 Å². The van der Waals surface area contributed by atoms with Crippen molar-refractivity contribution in [3.63, 3.8) is 0 Å². The summed E-state index contributed by atoms with van der Waals surface area (Å²) in [6, 6.07) is 5.20. The van der Waals surface area contributed by atoms with Crippen LogP contribution in [-0.4, -0.2) is 28.7 Å². The Balaban J connectivity index is 1.88. The number of hydrogen-bond donors (Lipinski definition) is 1. The van der Waals surface area contributed by atoms with Crippen molar-refractivity contribution < 1.29 is 14.4 Å². The number of fused-ring (bicyclic) bond motifs is 1. The zero-order valence-electron chi connectivity index (χ0n) is 10.6. The second-order valence-corrected chi connectivity index (χ2v) is 5.06. The van der Waals surface area contributed by atoms with Crippen LogP contribution in [0.2, 0.25) is 0 Å². The standard InChI is InChI=1S/C14H14N2O3/c1-8-2-3-9-7-16(14(19)10(9)6-8)11-4-5-12(17)15-13(11)18/h2-3,6,11H,4-5,7H2,1H3,(H,15,17,18)/t11-/m1/s1. The summed E-state index contributed by atoms with van der Waals surface area (Å²) in [5.41, 5.74) is 2.64. The smallest absolute Gasteiger partial charge is 0.255 e. The van der Waals surface area contributed by atoms with Gasteiger partial charge in [-0.05, 0) is 25.0 Å². The third kappa shape index (κ3) is 1.91. The fourth-order valence-electron chi connectivity index (χ4n) is 2.67. The number of benzene rings is 1. The molecule has 3 amide bonds. The molecule has 1 saturated heterocycles. The Hall–Kier alpha value is -2.17. The molecule has 5 heteroatoms. The number of nitrogens with one attached hydrogen (secondary N) is 1. The molecule has 1 atom stereocenters. The van der Waals surface area contributed by atoms with Gasteiger partial charge in [0.25, 0.3) is 5.91 Å². The summed E-state index contributed by atoms with van der Waals surface area (Å²) in [6.07, 6.45) is 0.693. The van der Waals surface area contributed by atoms with Crippen LogP contribution in [0.15, 0.2) is 18.2 Å². The number of aryl methyl sites for hydroxylation is 1. The number of piperidine rings is 1. The third-order valence-electron chi connectivity index (χ3n) is 3.68. The van der Waals surface area contributed by atoms with E-state index in [0.717, 1.165) is 11.1 Å². The highest BCUT2D eigenvalue weighted by atomic mass is 16.2. The van der Waals surface area contributed by atoms with Gasteiger partial charge in [-0.2, -0.15) is 0 Å². The summed E-state index contributed by atoms with van der Waals surface area (Å²) in [5, 5.41) is 2.29. The minimum atomic E-state index is -0.530. The fourth-order valence-corrected chi connectivity index (χ4v) is 2.67. The molecule has 5 nitrogen and oxygen atoms in total. The molecule has 1 N–H and O–H groups in total. The molecule has 1 aromatic carbocycles. The van der Waals surface area contributed by atoms with E-state index in [0.29, 0.717) is 18.5 Å². The van der Waals surface area contributed by atoms with Crippen LogP contribution in [0.5, 0.6) is 0 Å². The minimum Gasteiger partial charge on any atom is -0.322 e. The number of carbonyl (C=O) groups is 3. The van der Waals surface area contributed by atoms with Gasteiger partial charge < -0.3 is 4.90 Å². The van der Waals surface area contributed by atoms with E-state index in [-0.39, 0.29) is 24.1 Å². The third-order valence-corrected chi connectivity index (χ3v) is 3.68. The van der Waals surface area contributed by atoms with Gasteiger partial charge in [0.1, 0.15) is 6.04 Å². The maximum Gasteiger partial charge on any atom is 0.255 e. The van der Waals surface area contributed by atoms with Gasteiger partial charge in [-0.15, -0.1) is 0 Å². The highest BCUT2D eigenvalue weighted by Crippen LogP contribution is 2.27. The van der Waals surface area contributed by atoms with Crippen LogP contribution >= 0.6 is 0 Å². The Bertz CT molecular complexity index is 594. The van der Waals surface area contributed by atoms with Crippen molar-refractivity contribution in [2.75, 3.05) is 0 Å². The van der Waals surface area contributed by atoms with E-state index in [2.05, 4.69) is 5.32 Å². The molecule has 1 fully saturated rings. The molecule has 0 aromatic heterocycles. The monoisotopic (exact) mass is 258 g/mol. The second kappa shape index (κ2) is 4.19. The minimum absolute atomic E-state index is 0.117. The topological polar surface area (TPSA) is 66.5 Å². The van der Waals surface area contributed by atoms with Gasteiger partial charge in [0.15, 0.2) is 0 Å². The largest absolute Gasteiger partial charge is 0.322 e. The Morgan fingerprint density at radius 1 is 1.26 bits per heavy atom. The predicted octanol–water partition coefficient (Wildman–Crippen LogP) is 0.756. The van der Waals surface area contributed by atoms with E-state index in [1.165, 1.54) is 0 Å². The lowest BCUT2D eigenvalue weighted by atomic mass is 10.0. The number of rotatable bonds is 1. The van der Waals surface area contributed by atoms with E-state index in [9.17, 15) is 14.4 Å². The fraction of sp³-hybridized carbons (Fsp3) is 0.357. The molecule has 0 saturated carbocycles. The lowest BCUT2D eigenvalue weighted by Gasteiger charge is -2.29. The van der Waals surface area contributed by atoms with Gasteiger partial charge in [0.2, 0.25) is 11.8 Å². The van der Waals surface area contributed by atoms with Gasteiger partial charge >= 0.3 is 0 Å². The van der Waals surface area contributed by atoms with Crippen molar-refractivity contribution in [2.24, 2.45) is 0 Å². The molecule has 3 rings (SSSR count). The number of nitrogens with zero attached hydrogens (tertiary/aromatic N) is 1. The van der Waals surface area contributed by atoms with Crippen molar-refractivity contribution in [1.82, 2.24) is 10.2 Å². The van der Waals surface area contributed by atoms with E-state index in [1.54, 1.807) is 4.90 Å². The van der Waals surface area contributed by atoms with Crippen LogP contribution in [0.4, 0.5) is 0 Å². The molecule has 0 unspecified atom stereocenters. The SMILES string of the molecule is Cc1ccc2c(c1)C(=O)N([C@@H]1CCC(=O)NC1=O)C2. The molecule has 1 aromatic rings. The van der Waals surface area contributed by atoms with E-state index >= 15 is 0 Å². The first-order valence-corrected chi connectivity index (χ1v) is 6.30. The Morgan fingerprint density at radius 3 is 2.79 bits per heavy atom. The first-order valence-electron chi connectivity index (χ1n) is 6.30. The van der Waals surface area contributed by atoms with E-state index < -0.39 is 6.04 Å². The van der Waals surface area contributed by atoms with Crippen molar-refractivity contribution in [3.8, 4) is 0 Å². The maximum absolute atomic E-state index is 12.3. The van der Waals surface area contributed by atoms with Gasteiger partial charge in [-0.25, -0.2) is 0 Å². The molecule has 0 bridgehead atoms. The van der Waals surface area contributed by atoms with E-state index in [1.807, 2.05) is 25.1 Å². The number of hydrogen-bond acceptors (Lipinski definition) is 3. The zero-order chi connectivity index (χ0) is 13.6. The maximum atomic E-state index is 12.3. The summed E-state index contributed by atoms with van der Waals surface area (Å²) < 4.78 is 0. The zero-order valence-corrected chi connectivity index (χ0v) is 10.6. The van der Waals surface area contributed by atoms with Gasteiger partial charge in [0, 0.05) is 18.5 Å². The Morgan fingerprint density at radius 2 is 2.05 bits per heavy atom. The Labute approximate surface area is 110 Å². The van der Waals surface area contributed by atoms with Crippen LogP contribution in [0.3, 0.4) is 0 Å². The summed E-state index contributed by atoms with van der Waals surface area (Å²) in [5.74, 6) is -0.747. The highest BCUT2D eigenvalue weighted by molar-refractivity contribution is 6.05. The molecule has 0 radical (unpaired) electrons. The molecule has 2 heterocycles. The quantitative estimate of drug-likeness (QED) is 0.756. The lowest BCUT2D eigenvalue weighted by molar-refractivity contribution is -0.136. The molecule has 19 heavy (non-hydrogen) atoms. The van der Waals surface area contributed by atoms with Gasteiger partial charge in [-0.3, -0.25) is 19.7 Å². The van der Waals surface area contributed by atoms with Gasteiger partial charge in [0.05, 0.1) is 0 Å². The average molecular weight is 258 g/mol. The number of imide groups is 1. The Kier molecular flexibility index (Phi) is 2.62. The molecule has 0 aliphatic carbocycles. The first kappa shape index (κ1) is 11.9. The molecular weight excluding hydrogens is 244 g/mol. The van der Waals surface area contributed by atoms with Crippen LogP contribution in [0, 0.1) is 6.92 Å². The summed E-state index contributed by atoms with van der Waals surface area (Å²) in [4.78, 5) is 36.9. The molecule has 2 aliphatic heterocycles. The molecular formula is C14H14N2O3. The van der Waals surface area contributed by atoms with Crippen molar-refractivity contribution in [2.45, 2.75) is 32.4 Å². The molecule has 98 valence electrons. The van der Waals surface area contributed by atoms with Gasteiger partial charge in [-0.1, -0.05) is 17.7 Å². The average Bonchev–Trinajstić information content (AvgIpc) is 2.67. The predicted molar refractivity (Wildman–Crippen MR) is 67.2 cm³/mol. The molecule has 0 spiro atoms. The van der Waals surface area contributed by atoms with Crippen molar-refractivity contribution >= 4 is 17.7 Å². The number of amides is 3. The summed E-state index contributed by atoms with van der Waals surface area (Å²) in [6.45, 7) is 2.38. The van der Waals surface area contributed by atoms with Crippen molar-refractivity contribution in [1.29, 1.82) is 0 Å². The lowest BCUT2D eigenvalue weighted by Crippen LogP contribution is -2.52. The van der Waals surface area contributed by atoms with Crippen LogP contribution in [0.25, 0.3) is 0 Å². The summed E-state index contributed by atoms with van der Waals surface area (Å²) in [7, 11) is 0.